The van der Waals surface area contributed by atoms with E-state index in [1.54, 1.807) is 11.8 Å². The highest BCUT2D eigenvalue weighted by atomic mass is 79.9. The number of rotatable bonds is 4. The zero-order chi connectivity index (χ0) is 26.8. The summed E-state index contributed by atoms with van der Waals surface area (Å²) in [5.74, 6) is 1.35. The molecule has 5 rings (SSSR count). The number of halogens is 6. The Morgan fingerprint density at radius 3 is 2.49 bits per heavy atom. The molecule has 1 amide bonds. The number of carbonyl (C=O) groups excluding carboxylic acids is 1. The van der Waals surface area contributed by atoms with E-state index in [9.17, 15) is 18.0 Å². The average molecular weight is 636 g/mol. The molecule has 4 unspecified atom stereocenters. The summed E-state index contributed by atoms with van der Waals surface area (Å²) in [6.07, 6.45) is 2.50. The standard InChI is InChI=1S/C26H24BrCl2F3N2O2S/c1-23(22(35)33-17-12-37-13-17)7-5-18(19-4-3-6-24(2,27)21(19)23)20-11-25(36-34-20,26(30,31)32)14-8-15(28)10-16(29)9-14/h3-6,8-10,17,21H,7,11-13H2,1-2H3,(H,33,35). The van der Waals surface area contributed by atoms with E-state index in [1.165, 1.54) is 18.2 Å². The smallest absolute Gasteiger partial charge is 0.374 e. The van der Waals surface area contributed by atoms with Gasteiger partial charge in [-0.2, -0.15) is 24.9 Å². The predicted molar refractivity (Wildman–Crippen MR) is 145 cm³/mol. The Bertz CT molecular complexity index is 1250. The molecule has 1 aromatic rings. The van der Waals surface area contributed by atoms with Crippen LogP contribution in [0.15, 0.2) is 58.8 Å². The van der Waals surface area contributed by atoms with E-state index in [1.807, 2.05) is 38.2 Å². The maximum Gasteiger partial charge on any atom is 0.435 e. The number of benzene rings is 1. The first kappa shape index (κ1) is 27.2. The molecule has 0 radical (unpaired) electrons. The zero-order valence-corrected chi connectivity index (χ0v) is 23.9. The molecular formula is C26H24BrCl2F3N2O2S. The highest BCUT2D eigenvalue weighted by molar-refractivity contribution is 9.10. The Labute approximate surface area is 235 Å². The molecule has 1 saturated heterocycles. The third-order valence-electron chi connectivity index (χ3n) is 7.57. The van der Waals surface area contributed by atoms with Crippen LogP contribution in [0.4, 0.5) is 13.2 Å². The number of nitrogens with zero attached hydrogens (tertiary/aromatic N) is 1. The lowest BCUT2D eigenvalue weighted by atomic mass is 9.58. The minimum Gasteiger partial charge on any atom is -0.374 e. The molecule has 0 aromatic heterocycles. The first-order chi connectivity index (χ1) is 17.3. The van der Waals surface area contributed by atoms with Gasteiger partial charge in [0.15, 0.2) is 0 Å². The van der Waals surface area contributed by atoms with Gasteiger partial charge < -0.3 is 10.2 Å². The Morgan fingerprint density at radius 2 is 1.89 bits per heavy atom. The maximum atomic E-state index is 14.6. The fourth-order valence-corrected chi connectivity index (χ4v) is 7.68. The van der Waals surface area contributed by atoms with Gasteiger partial charge in [0.1, 0.15) is 0 Å². The second-order valence-electron chi connectivity index (χ2n) is 10.3. The van der Waals surface area contributed by atoms with Crippen LogP contribution in [0, 0.1) is 11.3 Å². The molecule has 198 valence electrons. The molecule has 37 heavy (non-hydrogen) atoms. The molecular weight excluding hydrogens is 612 g/mol. The molecule has 11 heteroatoms. The lowest BCUT2D eigenvalue weighted by Gasteiger charge is -2.49. The SMILES string of the molecule is CC1(Br)C=CC=C2C(C3=NOC(c4cc(Cl)cc(Cl)c4)(C(F)(F)F)C3)=CCC(C)(C(=O)NC3CSC3)C21. The van der Waals surface area contributed by atoms with Crippen molar-refractivity contribution in [2.45, 2.75) is 48.8 Å². The number of hydrogen-bond donors (Lipinski definition) is 1. The van der Waals surface area contributed by atoms with E-state index >= 15 is 0 Å². The Balaban J connectivity index is 1.53. The lowest BCUT2D eigenvalue weighted by Crippen LogP contribution is -2.56. The van der Waals surface area contributed by atoms with Crippen molar-refractivity contribution in [3.8, 4) is 0 Å². The normalized spacial score (nSPS) is 33.5. The van der Waals surface area contributed by atoms with Gasteiger partial charge in [-0.3, -0.25) is 4.79 Å². The molecule has 1 N–H and O–H groups in total. The summed E-state index contributed by atoms with van der Waals surface area (Å²) in [4.78, 5) is 18.8. The van der Waals surface area contributed by atoms with Crippen LogP contribution in [0.5, 0.6) is 0 Å². The summed E-state index contributed by atoms with van der Waals surface area (Å²) < 4.78 is 43.1. The van der Waals surface area contributed by atoms with Gasteiger partial charge in [-0.05, 0) is 49.6 Å². The van der Waals surface area contributed by atoms with Gasteiger partial charge in [-0.1, -0.05) is 68.6 Å². The molecule has 1 aromatic carbocycles. The van der Waals surface area contributed by atoms with E-state index in [4.69, 9.17) is 28.0 Å². The number of thioether (sulfide) groups is 1. The van der Waals surface area contributed by atoms with E-state index in [-0.39, 0.29) is 39.2 Å². The minimum absolute atomic E-state index is 0.0622. The Morgan fingerprint density at radius 1 is 1.22 bits per heavy atom. The minimum atomic E-state index is -4.79. The summed E-state index contributed by atoms with van der Waals surface area (Å²) in [5, 5.41) is 7.28. The quantitative estimate of drug-likeness (QED) is 0.352. The van der Waals surface area contributed by atoms with E-state index in [2.05, 4.69) is 26.4 Å². The van der Waals surface area contributed by atoms with Crippen LogP contribution in [0.2, 0.25) is 10.0 Å². The van der Waals surface area contributed by atoms with Crippen LogP contribution in [0.1, 0.15) is 32.3 Å². The summed E-state index contributed by atoms with van der Waals surface area (Å²) in [6.45, 7) is 3.88. The third kappa shape index (κ3) is 4.57. The van der Waals surface area contributed by atoms with Crippen LogP contribution in [0.25, 0.3) is 0 Å². The Hall–Kier alpha value is -1.42. The number of fused-ring (bicyclic) bond motifs is 1. The number of oxime groups is 1. The molecule has 2 aliphatic heterocycles. The molecule has 0 spiro atoms. The average Bonchev–Trinajstić information content (AvgIpc) is 3.22. The van der Waals surface area contributed by atoms with Gasteiger partial charge in [0.2, 0.25) is 5.91 Å². The van der Waals surface area contributed by atoms with Crippen molar-refractivity contribution in [2.24, 2.45) is 16.5 Å². The highest BCUT2D eigenvalue weighted by Gasteiger charge is 2.63. The first-order valence-electron chi connectivity index (χ1n) is 11.7. The zero-order valence-electron chi connectivity index (χ0n) is 20.0. The molecule has 4 nitrogen and oxygen atoms in total. The van der Waals surface area contributed by atoms with Gasteiger partial charge >= 0.3 is 6.18 Å². The van der Waals surface area contributed by atoms with Crippen molar-refractivity contribution < 1.29 is 22.8 Å². The van der Waals surface area contributed by atoms with Crippen molar-refractivity contribution >= 4 is 62.5 Å². The van der Waals surface area contributed by atoms with Crippen molar-refractivity contribution in [2.75, 3.05) is 11.5 Å². The lowest BCUT2D eigenvalue weighted by molar-refractivity contribution is -0.275. The number of allylic oxidation sites excluding steroid dienone is 6. The molecule has 4 aliphatic rings. The molecule has 0 saturated carbocycles. The van der Waals surface area contributed by atoms with Gasteiger partial charge in [0, 0.05) is 49.8 Å². The highest BCUT2D eigenvalue weighted by Crippen LogP contribution is 2.56. The monoisotopic (exact) mass is 634 g/mol. The van der Waals surface area contributed by atoms with Crippen LogP contribution < -0.4 is 5.32 Å². The fourth-order valence-electron chi connectivity index (χ4n) is 5.61. The van der Waals surface area contributed by atoms with Crippen molar-refractivity contribution in [1.82, 2.24) is 5.32 Å². The molecule has 0 bridgehead atoms. The molecule has 4 atom stereocenters. The van der Waals surface area contributed by atoms with Gasteiger partial charge in [-0.15, -0.1) is 0 Å². The Kier molecular flexibility index (Phi) is 6.86. The molecule has 2 heterocycles. The summed E-state index contributed by atoms with van der Waals surface area (Å²) in [5.41, 5.74) is -2.28. The number of hydrogen-bond acceptors (Lipinski definition) is 4. The predicted octanol–water partition coefficient (Wildman–Crippen LogP) is 7.36. The van der Waals surface area contributed by atoms with Crippen LogP contribution in [-0.4, -0.2) is 39.7 Å². The fraction of sp³-hybridized carbons (Fsp3) is 0.462. The largest absolute Gasteiger partial charge is 0.435 e. The van der Waals surface area contributed by atoms with E-state index in [0.717, 1.165) is 17.1 Å². The topological polar surface area (TPSA) is 50.7 Å². The van der Waals surface area contributed by atoms with Crippen LogP contribution in [-0.2, 0) is 15.2 Å². The number of alkyl halides is 4. The first-order valence-corrected chi connectivity index (χ1v) is 14.4. The second-order valence-corrected chi connectivity index (χ2v) is 14.0. The van der Waals surface area contributed by atoms with Crippen molar-refractivity contribution in [3.63, 3.8) is 0 Å². The number of carbonyl (C=O) groups is 1. The van der Waals surface area contributed by atoms with Crippen molar-refractivity contribution in [3.05, 3.63) is 69.3 Å². The van der Waals surface area contributed by atoms with Crippen LogP contribution in [0.3, 0.4) is 0 Å². The molecule has 2 aliphatic carbocycles. The summed E-state index contributed by atoms with van der Waals surface area (Å²) >= 11 is 17.7. The van der Waals surface area contributed by atoms with E-state index in [0.29, 0.717) is 12.0 Å². The van der Waals surface area contributed by atoms with Gasteiger partial charge in [0.05, 0.1) is 11.1 Å². The molecule has 1 fully saturated rings. The van der Waals surface area contributed by atoms with E-state index < -0.39 is 27.9 Å². The van der Waals surface area contributed by atoms with Crippen molar-refractivity contribution in [1.29, 1.82) is 0 Å². The summed E-state index contributed by atoms with van der Waals surface area (Å²) in [6, 6.07) is 3.91. The van der Waals surface area contributed by atoms with Gasteiger partial charge in [0.25, 0.3) is 5.60 Å². The maximum absolute atomic E-state index is 14.6. The van der Waals surface area contributed by atoms with Crippen LogP contribution >= 0.6 is 50.9 Å². The number of amides is 1. The summed E-state index contributed by atoms with van der Waals surface area (Å²) in [7, 11) is 0. The van der Waals surface area contributed by atoms with Gasteiger partial charge in [-0.25, -0.2) is 0 Å². The third-order valence-corrected chi connectivity index (χ3v) is 10.0. The second kappa shape index (κ2) is 9.35. The number of nitrogens with one attached hydrogen (secondary N) is 1.